The summed E-state index contributed by atoms with van der Waals surface area (Å²) in [6.07, 6.45) is 0. The fourth-order valence-corrected chi connectivity index (χ4v) is 7.71. The van der Waals surface area contributed by atoms with Gasteiger partial charge in [0.05, 0.1) is 27.5 Å². The van der Waals surface area contributed by atoms with Crippen LogP contribution in [0.3, 0.4) is 0 Å². The molecular weight excluding hydrogens is 627 g/mol. The molecule has 0 atom stereocenters. The number of fused-ring (bicyclic) bond motifs is 10. The molecule has 0 radical (unpaired) electrons. The van der Waals surface area contributed by atoms with Crippen molar-refractivity contribution in [1.29, 1.82) is 0 Å². The fourth-order valence-electron chi connectivity index (χ4n) is 7.71. The topological polar surface area (TPSA) is 61.7 Å². The van der Waals surface area contributed by atoms with Gasteiger partial charge in [-0.25, -0.2) is 4.98 Å². The van der Waals surface area contributed by atoms with Gasteiger partial charge >= 0.3 is 0 Å². The van der Waals surface area contributed by atoms with E-state index in [0.717, 1.165) is 71.6 Å². The zero-order valence-electron chi connectivity index (χ0n) is 27.2. The van der Waals surface area contributed by atoms with E-state index in [0.29, 0.717) is 17.6 Å². The molecule has 0 aliphatic carbocycles. The highest BCUT2D eigenvalue weighted by Gasteiger charge is 2.24. The highest BCUT2D eigenvalue weighted by molar-refractivity contribution is 6.26. The second-order valence-electron chi connectivity index (χ2n) is 12.9. The van der Waals surface area contributed by atoms with E-state index in [4.69, 9.17) is 19.4 Å². The molecule has 0 saturated heterocycles. The van der Waals surface area contributed by atoms with Crippen LogP contribution in [0, 0.1) is 0 Å². The van der Waals surface area contributed by atoms with Gasteiger partial charge < -0.3 is 8.98 Å². The van der Waals surface area contributed by atoms with Crippen LogP contribution in [0.1, 0.15) is 0 Å². The molecule has 0 amide bonds. The van der Waals surface area contributed by atoms with Crippen molar-refractivity contribution < 1.29 is 4.42 Å². The van der Waals surface area contributed by atoms with Gasteiger partial charge in [-0.3, -0.25) is 4.57 Å². The van der Waals surface area contributed by atoms with Gasteiger partial charge in [-0.05, 0) is 48.5 Å². The van der Waals surface area contributed by atoms with Crippen molar-refractivity contribution in [1.82, 2.24) is 24.1 Å². The van der Waals surface area contributed by atoms with Gasteiger partial charge in [-0.1, -0.05) is 115 Å². The first-order valence-electron chi connectivity index (χ1n) is 17.0. The second-order valence-corrected chi connectivity index (χ2v) is 12.9. The van der Waals surface area contributed by atoms with Gasteiger partial charge in [0, 0.05) is 43.7 Å². The van der Waals surface area contributed by atoms with Crippen LogP contribution in [-0.2, 0) is 0 Å². The number of furan rings is 1. The molecule has 0 N–H and O–H groups in total. The van der Waals surface area contributed by atoms with Gasteiger partial charge in [-0.2, -0.15) is 9.97 Å². The predicted octanol–water partition coefficient (Wildman–Crippen LogP) is 11.3. The molecule has 51 heavy (non-hydrogen) atoms. The van der Waals surface area contributed by atoms with E-state index < -0.39 is 0 Å². The van der Waals surface area contributed by atoms with Gasteiger partial charge in [0.15, 0.2) is 11.6 Å². The van der Waals surface area contributed by atoms with Crippen LogP contribution < -0.4 is 0 Å². The minimum atomic E-state index is 0.542. The highest BCUT2D eigenvalue weighted by atomic mass is 16.3. The van der Waals surface area contributed by atoms with E-state index in [9.17, 15) is 0 Å². The molecule has 238 valence electrons. The number of benzene rings is 7. The lowest BCUT2D eigenvalue weighted by Gasteiger charge is -2.11. The van der Waals surface area contributed by atoms with Crippen molar-refractivity contribution in [3.63, 3.8) is 0 Å². The summed E-state index contributed by atoms with van der Waals surface area (Å²) in [5.41, 5.74) is 8.84. The van der Waals surface area contributed by atoms with E-state index in [2.05, 4.69) is 100 Å². The first-order chi connectivity index (χ1) is 25.3. The molecule has 0 fully saturated rings. The molecule has 0 unspecified atom stereocenters. The average Bonchev–Trinajstić information content (AvgIpc) is 3.85. The molecule has 11 aromatic rings. The lowest BCUT2D eigenvalue weighted by Crippen LogP contribution is -2.06. The summed E-state index contributed by atoms with van der Waals surface area (Å²) >= 11 is 0. The monoisotopic (exact) mass is 653 g/mol. The summed E-state index contributed by atoms with van der Waals surface area (Å²) in [6, 6.07) is 56.6. The summed E-state index contributed by atoms with van der Waals surface area (Å²) in [4.78, 5) is 15.4. The molecule has 4 heterocycles. The van der Waals surface area contributed by atoms with Crippen LogP contribution in [-0.4, -0.2) is 24.1 Å². The van der Waals surface area contributed by atoms with Gasteiger partial charge in [0.1, 0.15) is 11.2 Å². The van der Waals surface area contributed by atoms with Crippen LogP contribution in [0.15, 0.2) is 168 Å². The van der Waals surface area contributed by atoms with Crippen molar-refractivity contribution in [3.05, 3.63) is 164 Å². The Labute approximate surface area is 291 Å². The molecule has 6 heteroatoms. The van der Waals surface area contributed by atoms with Crippen LogP contribution in [0.5, 0.6) is 0 Å². The molecule has 0 aliphatic heterocycles. The Morgan fingerprint density at radius 3 is 1.73 bits per heavy atom. The summed E-state index contributed by atoms with van der Waals surface area (Å²) in [5, 5.41) is 6.62. The van der Waals surface area contributed by atoms with Crippen molar-refractivity contribution in [2.45, 2.75) is 0 Å². The largest absolute Gasteiger partial charge is 0.455 e. The maximum absolute atomic E-state index is 6.71. The van der Waals surface area contributed by atoms with E-state index in [-0.39, 0.29) is 0 Å². The van der Waals surface area contributed by atoms with Gasteiger partial charge in [0.25, 0.3) is 0 Å². The maximum atomic E-state index is 6.71. The number of hydrogen-bond donors (Lipinski definition) is 0. The molecule has 0 aliphatic rings. The van der Waals surface area contributed by atoms with E-state index >= 15 is 0 Å². The van der Waals surface area contributed by atoms with Crippen LogP contribution in [0.2, 0.25) is 0 Å². The third kappa shape index (κ3) is 4.14. The van der Waals surface area contributed by atoms with Crippen molar-refractivity contribution in [2.24, 2.45) is 0 Å². The molecule has 0 saturated carbocycles. The fraction of sp³-hybridized carbons (Fsp3) is 0. The molecule has 7 aromatic carbocycles. The van der Waals surface area contributed by atoms with Crippen LogP contribution >= 0.6 is 0 Å². The normalized spacial score (nSPS) is 11.9. The van der Waals surface area contributed by atoms with Crippen molar-refractivity contribution in [2.75, 3.05) is 0 Å². The maximum Gasteiger partial charge on any atom is 0.238 e. The Balaban J connectivity index is 1.33. The summed E-state index contributed by atoms with van der Waals surface area (Å²) in [5.74, 6) is 1.76. The lowest BCUT2D eigenvalue weighted by atomic mass is 10.1. The Hall–Kier alpha value is -7.05. The van der Waals surface area contributed by atoms with Crippen molar-refractivity contribution >= 4 is 65.6 Å². The molecular formula is C45H27N5O. The zero-order chi connectivity index (χ0) is 33.5. The third-order valence-electron chi connectivity index (χ3n) is 9.97. The first-order valence-corrected chi connectivity index (χ1v) is 17.0. The number of aromatic nitrogens is 5. The van der Waals surface area contributed by atoms with Crippen molar-refractivity contribution in [3.8, 4) is 34.4 Å². The third-order valence-corrected chi connectivity index (χ3v) is 9.97. The molecule has 4 aromatic heterocycles. The van der Waals surface area contributed by atoms with Crippen LogP contribution in [0.25, 0.3) is 100.0 Å². The molecule has 6 nitrogen and oxygen atoms in total. The Morgan fingerprint density at radius 1 is 0.392 bits per heavy atom. The quantitative estimate of drug-likeness (QED) is 0.190. The first kappa shape index (κ1) is 27.9. The Morgan fingerprint density at radius 2 is 1.00 bits per heavy atom. The van der Waals surface area contributed by atoms with Gasteiger partial charge in [0.2, 0.25) is 5.95 Å². The summed E-state index contributed by atoms with van der Waals surface area (Å²) in [6.45, 7) is 0. The molecule has 0 spiro atoms. The van der Waals surface area contributed by atoms with E-state index in [1.54, 1.807) is 0 Å². The van der Waals surface area contributed by atoms with E-state index in [1.807, 2.05) is 72.8 Å². The zero-order valence-corrected chi connectivity index (χ0v) is 27.2. The number of nitrogens with zero attached hydrogens (tertiary/aromatic N) is 5. The second kappa shape index (κ2) is 10.7. The van der Waals surface area contributed by atoms with Crippen LogP contribution in [0.4, 0.5) is 0 Å². The molecule has 0 bridgehead atoms. The Bertz CT molecular complexity index is 3060. The Kier molecular flexibility index (Phi) is 5.86. The minimum Gasteiger partial charge on any atom is -0.455 e. The average molecular weight is 654 g/mol. The summed E-state index contributed by atoms with van der Waals surface area (Å²) in [7, 11) is 0. The summed E-state index contributed by atoms with van der Waals surface area (Å²) < 4.78 is 11.2. The standard InChI is InChI=1S/C45H27N5O/c1-4-14-28(15-5-1)43-46-44(29-16-6-2-7-17-29)48-45(47-43)50-37-25-24-33-32-21-11-13-23-40(32)51-42(33)41(37)35-26-34-31-20-10-12-22-36(31)49(38(34)27-39(35)50)30-18-8-3-9-19-30/h1-27H. The predicted molar refractivity (Wildman–Crippen MR) is 207 cm³/mol. The molecule has 11 rings (SSSR count). The minimum absolute atomic E-state index is 0.542. The van der Waals surface area contributed by atoms with E-state index in [1.165, 1.54) is 10.8 Å². The number of rotatable bonds is 4. The smallest absolute Gasteiger partial charge is 0.238 e. The highest BCUT2D eigenvalue weighted by Crippen LogP contribution is 2.43. The lowest BCUT2D eigenvalue weighted by molar-refractivity contribution is 0.673. The number of para-hydroxylation sites is 3. The number of hydrogen-bond acceptors (Lipinski definition) is 4. The van der Waals surface area contributed by atoms with Gasteiger partial charge in [-0.15, -0.1) is 0 Å². The SMILES string of the molecule is c1ccc(-c2nc(-c3ccccc3)nc(-n3c4cc5c(cc4c4c6oc7ccccc7c6ccc43)c3ccccc3n5-c3ccccc3)n2)cc1.